The van der Waals surface area contributed by atoms with Crippen LogP contribution in [0, 0.1) is 0 Å². The van der Waals surface area contributed by atoms with Gasteiger partial charge in [-0.2, -0.15) is 11.8 Å². The second-order valence-corrected chi connectivity index (χ2v) is 6.27. The van der Waals surface area contributed by atoms with Crippen LogP contribution in [-0.2, 0) is 6.54 Å². The van der Waals surface area contributed by atoms with Crippen molar-refractivity contribution in [2.75, 3.05) is 24.6 Å². The van der Waals surface area contributed by atoms with Crippen LogP contribution in [0.4, 0.5) is 5.13 Å². The Morgan fingerprint density at radius 3 is 3.07 bits per heavy atom. The fourth-order valence-corrected chi connectivity index (χ4v) is 3.46. The van der Waals surface area contributed by atoms with E-state index in [-0.39, 0.29) is 12.4 Å². The average Bonchev–Trinajstić information content (AvgIpc) is 2.51. The molecule has 15 heavy (non-hydrogen) atoms. The van der Waals surface area contributed by atoms with Gasteiger partial charge in [0, 0.05) is 41.7 Å². The van der Waals surface area contributed by atoms with Crippen molar-refractivity contribution in [2.45, 2.75) is 18.7 Å². The lowest BCUT2D eigenvalue weighted by molar-refractivity contribution is 0.280. The van der Waals surface area contributed by atoms with Crippen LogP contribution in [0.5, 0.6) is 0 Å². The Labute approximate surface area is 105 Å². The molecule has 2 heterocycles. The number of hydrogen-bond donors (Lipinski definition) is 1. The molecule has 0 aliphatic carbocycles. The maximum Gasteiger partial charge on any atom is 0.180 e. The molecule has 0 spiro atoms. The van der Waals surface area contributed by atoms with E-state index < -0.39 is 0 Å². The van der Waals surface area contributed by atoms with Crippen LogP contribution in [0.15, 0.2) is 6.20 Å². The Kier molecular flexibility index (Phi) is 5.18. The Morgan fingerprint density at radius 2 is 2.47 bits per heavy atom. The van der Waals surface area contributed by atoms with Crippen molar-refractivity contribution in [1.29, 1.82) is 0 Å². The van der Waals surface area contributed by atoms with Crippen LogP contribution in [0.1, 0.15) is 11.8 Å². The molecule has 0 bridgehead atoms. The number of nitrogens with zero attached hydrogens (tertiary/aromatic N) is 2. The summed E-state index contributed by atoms with van der Waals surface area (Å²) in [5.74, 6) is 1.25. The predicted octanol–water partition coefficient (Wildman–Crippen LogP) is 2.08. The van der Waals surface area contributed by atoms with Crippen molar-refractivity contribution in [3.05, 3.63) is 11.1 Å². The summed E-state index contributed by atoms with van der Waals surface area (Å²) in [6, 6.07) is 0. The predicted molar refractivity (Wildman–Crippen MR) is 71.0 cm³/mol. The van der Waals surface area contributed by atoms with Gasteiger partial charge in [-0.1, -0.05) is 6.92 Å². The van der Waals surface area contributed by atoms with Crippen molar-refractivity contribution >= 4 is 40.6 Å². The maximum atomic E-state index is 5.60. The lowest BCUT2D eigenvalue weighted by Gasteiger charge is -2.29. The molecule has 2 rings (SSSR count). The van der Waals surface area contributed by atoms with Crippen LogP contribution in [0.25, 0.3) is 0 Å². The first-order chi connectivity index (χ1) is 6.74. The number of nitrogens with two attached hydrogens (primary N) is 1. The molecule has 0 aromatic carbocycles. The zero-order chi connectivity index (χ0) is 9.97. The fourth-order valence-electron chi connectivity index (χ4n) is 1.65. The van der Waals surface area contributed by atoms with E-state index in [2.05, 4.69) is 28.6 Å². The van der Waals surface area contributed by atoms with E-state index >= 15 is 0 Å². The van der Waals surface area contributed by atoms with E-state index in [4.69, 9.17) is 5.73 Å². The van der Waals surface area contributed by atoms with Gasteiger partial charge < -0.3 is 5.73 Å². The Bertz CT molecular complexity index is 305. The van der Waals surface area contributed by atoms with E-state index in [0.717, 1.165) is 11.8 Å². The van der Waals surface area contributed by atoms with Crippen LogP contribution in [-0.4, -0.2) is 34.0 Å². The average molecular weight is 266 g/mol. The van der Waals surface area contributed by atoms with Crippen molar-refractivity contribution in [3.63, 3.8) is 0 Å². The summed E-state index contributed by atoms with van der Waals surface area (Å²) in [5, 5.41) is 1.44. The van der Waals surface area contributed by atoms with E-state index in [1.54, 1.807) is 11.3 Å². The minimum absolute atomic E-state index is 0. The van der Waals surface area contributed by atoms with Gasteiger partial charge in [-0.15, -0.1) is 23.7 Å². The number of rotatable bonds is 2. The smallest absolute Gasteiger partial charge is 0.180 e. The number of aromatic nitrogens is 1. The van der Waals surface area contributed by atoms with Gasteiger partial charge in [0.1, 0.15) is 0 Å². The third-order valence-electron chi connectivity index (χ3n) is 2.28. The van der Waals surface area contributed by atoms with Crippen LogP contribution < -0.4 is 5.73 Å². The molecule has 1 atom stereocenters. The molecule has 1 aromatic rings. The first kappa shape index (κ1) is 13.1. The summed E-state index contributed by atoms with van der Waals surface area (Å²) in [6.07, 6.45) is 1.90. The highest BCUT2D eigenvalue weighted by Gasteiger charge is 2.17. The van der Waals surface area contributed by atoms with Gasteiger partial charge in [0.05, 0.1) is 0 Å². The number of anilines is 1. The SMILES string of the molecule is CC1CN(Cc2cnc(N)s2)CCS1.Cl. The Balaban J connectivity index is 0.00000112. The third-order valence-corrected chi connectivity index (χ3v) is 4.22. The van der Waals surface area contributed by atoms with Gasteiger partial charge in [-0.05, 0) is 0 Å². The van der Waals surface area contributed by atoms with Gasteiger partial charge in [0.25, 0.3) is 0 Å². The summed E-state index contributed by atoms with van der Waals surface area (Å²) >= 11 is 3.66. The van der Waals surface area contributed by atoms with Crippen LogP contribution >= 0.6 is 35.5 Å². The highest BCUT2D eigenvalue weighted by Crippen LogP contribution is 2.22. The lowest BCUT2D eigenvalue weighted by Crippen LogP contribution is -2.35. The van der Waals surface area contributed by atoms with Crippen molar-refractivity contribution < 1.29 is 0 Å². The van der Waals surface area contributed by atoms with E-state index in [0.29, 0.717) is 5.13 Å². The highest BCUT2D eigenvalue weighted by atomic mass is 35.5. The molecule has 1 saturated heterocycles. The summed E-state index contributed by atoms with van der Waals surface area (Å²) in [6.45, 7) is 5.67. The second kappa shape index (κ2) is 5.94. The molecular weight excluding hydrogens is 250 g/mol. The molecule has 1 fully saturated rings. The molecule has 2 N–H and O–H groups in total. The van der Waals surface area contributed by atoms with E-state index in [1.165, 1.54) is 23.7 Å². The summed E-state index contributed by atoms with van der Waals surface area (Å²) in [4.78, 5) is 7.83. The number of thiazole rings is 1. The van der Waals surface area contributed by atoms with Gasteiger partial charge in [0.15, 0.2) is 5.13 Å². The number of nitrogen functional groups attached to an aromatic ring is 1. The van der Waals surface area contributed by atoms with Gasteiger partial charge in [-0.25, -0.2) is 4.98 Å². The zero-order valence-corrected chi connectivity index (χ0v) is 11.1. The summed E-state index contributed by atoms with van der Waals surface area (Å²) in [5.41, 5.74) is 5.60. The minimum atomic E-state index is 0. The van der Waals surface area contributed by atoms with Crippen molar-refractivity contribution in [3.8, 4) is 0 Å². The molecule has 3 nitrogen and oxygen atoms in total. The summed E-state index contributed by atoms with van der Waals surface area (Å²) in [7, 11) is 0. The molecular formula is C9H16ClN3S2. The van der Waals surface area contributed by atoms with Gasteiger partial charge >= 0.3 is 0 Å². The molecule has 1 unspecified atom stereocenters. The number of halogens is 1. The second-order valence-electron chi connectivity index (χ2n) is 3.58. The van der Waals surface area contributed by atoms with Crippen LogP contribution in [0.3, 0.4) is 0 Å². The molecule has 0 radical (unpaired) electrons. The third kappa shape index (κ3) is 3.83. The molecule has 1 aliphatic heterocycles. The molecule has 0 amide bonds. The first-order valence-corrected chi connectivity index (χ1v) is 6.64. The normalized spacial score (nSPS) is 22.3. The topological polar surface area (TPSA) is 42.2 Å². The first-order valence-electron chi connectivity index (χ1n) is 4.78. The van der Waals surface area contributed by atoms with Crippen molar-refractivity contribution in [2.24, 2.45) is 0 Å². The minimum Gasteiger partial charge on any atom is -0.375 e. The quantitative estimate of drug-likeness (QED) is 0.889. The monoisotopic (exact) mass is 265 g/mol. The molecule has 0 saturated carbocycles. The Hall–Kier alpha value is 0.0300. The zero-order valence-electron chi connectivity index (χ0n) is 8.68. The molecule has 6 heteroatoms. The van der Waals surface area contributed by atoms with E-state index in [1.807, 2.05) is 6.20 Å². The van der Waals surface area contributed by atoms with Gasteiger partial charge in [0.2, 0.25) is 0 Å². The standard InChI is InChI=1S/C9H15N3S2.ClH/c1-7-5-12(2-3-13-7)6-8-4-11-9(10)14-8;/h4,7H,2-3,5-6H2,1H3,(H2,10,11);1H. The highest BCUT2D eigenvalue weighted by molar-refractivity contribution is 7.99. The molecule has 1 aliphatic rings. The lowest BCUT2D eigenvalue weighted by atomic mass is 10.3. The van der Waals surface area contributed by atoms with Crippen molar-refractivity contribution in [1.82, 2.24) is 9.88 Å². The largest absolute Gasteiger partial charge is 0.375 e. The fraction of sp³-hybridized carbons (Fsp3) is 0.667. The van der Waals surface area contributed by atoms with Crippen LogP contribution in [0.2, 0.25) is 0 Å². The Morgan fingerprint density at radius 1 is 1.67 bits per heavy atom. The van der Waals surface area contributed by atoms with Gasteiger partial charge in [-0.3, -0.25) is 4.90 Å². The molecule has 1 aromatic heterocycles. The molecule has 86 valence electrons. The summed E-state index contributed by atoms with van der Waals surface area (Å²) < 4.78 is 0. The maximum absolute atomic E-state index is 5.60. The van der Waals surface area contributed by atoms with E-state index in [9.17, 15) is 0 Å². The number of thioether (sulfide) groups is 1. The number of hydrogen-bond acceptors (Lipinski definition) is 5.